The molecule has 0 saturated heterocycles. The van der Waals surface area contributed by atoms with Crippen molar-refractivity contribution in [1.82, 2.24) is 4.98 Å². The maximum Gasteiger partial charge on any atom is 0.128 e. The van der Waals surface area contributed by atoms with E-state index in [-0.39, 0.29) is 0 Å². The van der Waals surface area contributed by atoms with Crippen molar-refractivity contribution >= 4 is 21.7 Å². The third kappa shape index (κ3) is 2.98. The molecule has 0 radical (unpaired) electrons. The molecule has 1 rings (SSSR count). The van der Waals surface area contributed by atoms with Crippen LogP contribution in [0.1, 0.15) is 26.7 Å². The molecule has 78 valence electrons. The van der Waals surface area contributed by atoms with E-state index in [1.165, 1.54) is 12.8 Å². The number of rotatable bonds is 4. The second kappa shape index (κ2) is 5.35. The topological polar surface area (TPSA) is 16.1 Å². The van der Waals surface area contributed by atoms with Gasteiger partial charge < -0.3 is 4.90 Å². The lowest BCUT2D eigenvalue weighted by molar-refractivity contribution is 0.611. The molecule has 1 heterocycles. The fourth-order valence-electron chi connectivity index (χ4n) is 1.41. The van der Waals surface area contributed by atoms with Crippen LogP contribution in [0.15, 0.2) is 22.8 Å². The Labute approximate surface area is 94.5 Å². The first-order valence-electron chi connectivity index (χ1n) is 4.99. The average Bonchev–Trinajstić information content (AvgIpc) is 2.18. The SMILES string of the molecule is CCCC(C)N(C)c1ccc(Br)cn1. The van der Waals surface area contributed by atoms with Crippen molar-refractivity contribution in [3.63, 3.8) is 0 Å². The van der Waals surface area contributed by atoms with Gasteiger partial charge in [0.15, 0.2) is 0 Å². The summed E-state index contributed by atoms with van der Waals surface area (Å²) in [6.45, 7) is 4.44. The summed E-state index contributed by atoms with van der Waals surface area (Å²) in [6, 6.07) is 4.61. The van der Waals surface area contributed by atoms with E-state index in [4.69, 9.17) is 0 Å². The number of hydrogen-bond acceptors (Lipinski definition) is 2. The third-order valence-electron chi connectivity index (χ3n) is 2.44. The molecule has 0 spiro atoms. The molecule has 1 atom stereocenters. The molecule has 1 unspecified atom stereocenters. The molecule has 3 heteroatoms. The summed E-state index contributed by atoms with van der Waals surface area (Å²) in [5, 5.41) is 0. The Kier molecular flexibility index (Phi) is 4.39. The van der Waals surface area contributed by atoms with Crippen LogP contribution in [0.4, 0.5) is 5.82 Å². The predicted molar refractivity (Wildman–Crippen MR) is 64.7 cm³/mol. The van der Waals surface area contributed by atoms with Crippen LogP contribution in [-0.2, 0) is 0 Å². The van der Waals surface area contributed by atoms with E-state index < -0.39 is 0 Å². The van der Waals surface area contributed by atoms with Crippen LogP contribution in [0, 0.1) is 0 Å². The molecular formula is C11H17BrN2. The van der Waals surface area contributed by atoms with Crippen LogP contribution in [0.25, 0.3) is 0 Å². The van der Waals surface area contributed by atoms with Gasteiger partial charge in [0, 0.05) is 23.8 Å². The molecule has 0 saturated carbocycles. The van der Waals surface area contributed by atoms with Crippen LogP contribution in [0.2, 0.25) is 0 Å². The number of hydrogen-bond donors (Lipinski definition) is 0. The minimum Gasteiger partial charge on any atom is -0.357 e. The fourth-order valence-corrected chi connectivity index (χ4v) is 1.65. The van der Waals surface area contributed by atoms with Gasteiger partial charge in [0.25, 0.3) is 0 Å². The zero-order valence-electron chi connectivity index (χ0n) is 9.00. The van der Waals surface area contributed by atoms with Gasteiger partial charge in [0.1, 0.15) is 5.82 Å². The van der Waals surface area contributed by atoms with E-state index in [0.717, 1.165) is 10.3 Å². The van der Waals surface area contributed by atoms with Gasteiger partial charge in [-0.1, -0.05) is 13.3 Å². The van der Waals surface area contributed by atoms with E-state index in [9.17, 15) is 0 Å². The smallest absolute Gasteiger partial charge is 0.128 e. The lowest BCUT2D eigenvalue weighted by Crippen LogP contribution is -2.29. The van der Waals surface area contributed by atoms with Gasteiger partial charge in [0.2, 0.25) is 0 Å². The van der Waals surface area contributed by atoms with E-state index in [0.29, 0.717) is 6.04 Å². The predicted octanol–water partition coefficient (Wildman–Crippen LogP) is 3.47. The molecule has 0 bridgehead atoms. The van der Waals surface area contributed by atoms with Crippen molar-refractivity contribution in [2.24, 2.45) is 0 Å². The van der Waals surface area contributed by atoms with Crippen molar-refractivity contribution in [3.8, 4) is 0 Å². The molecule has 0 aliphatic carbocycles. The number of anilines is 1. The number of halogens is 1. The molecule has 0 amide bonds. The van der Waals surface area contributed by atoms with E-state index in [1.807, 2.05) is 18.3 Å². The van der Waals surface area contributed by atoms with Crippen LogP contribution < -0.4 is 4.90 Å². The highest BCUT2D eigenvalue weighted by atomic mass is 79.9. The fraction of sp³-hybridized carbons (Fsp3) is 0.545. The number of pyridine rings is 1. The lowest BCUT2D eigenvalue weighted by Gasteiger charge is -2.25. The number of nitrogens with zero attached hydrogens (tertiary/aromatic N) is 2. The molecule has 0 aliphatic rings. The standard InChI is InChI=1S/C11H17BrN2/c1-4-5-9(2)14(3)11-7-6-10(12)8-13-11/h6-9H,4-5H2,1-3H3. The van der Waals surface area contributed by atoms with Crippen LogP contribution in [0.5, 0.6) is 0 Å². The number of aromatic nitrogens is 1. The maximum absolute atomic E-state index is 4.36. The van der Waals surface area contributed by atoms with E-state index in [2.05, 4.69) is 46.7 Å². The Hall–Kier alpha value is -0.570. The zero-order chi connectivity index (χ0) is 10.6. The van der Waals surface area contributed by atoms with Gasteiger partial charge in [-0.05, 0) is 41.4 Å². The molecule has 2 nitrogen and oxygen atoms in total. The largest absolute Gasteiger partial charge is 0.357 e. The average molecular weight is 257 g/mol. The quantitative estimate of drug-likeness (QED) is 0.821. The van der Waals surface area contributed by atoms with Gasteiger partial charge in [-0.15, -0.1) is 0 Å². The summed E-state index contributed by atoms with van der Waals surface area (Å²) in [5.74, 6) is 1.04. The van der Waals surface area contributed by atoms with Crippen molar-refractivity contribution in [2.45, 2.75) is 32.7 Å². The van der Waals surface area contributed by atoms with Gasteiger partial charge in [-0.3, -0.25) is 0 Å². The van der Waals surface area contributed by atoms with Crippen molar-refractivity contribution in [1.29, 1.82) is 0 Å². The molecule has 14 heavy (non-hydrogen) atoms. The summed E-state index contributed by atoms with van der Waals surface area (Å²) in [7, 11) is 2.09. The Morgan fingerprint density at radius 2 is 2.21 bits per heavy atom. The highest BCUT2D eigenvalue weighted by Crippen LogP contribution is 2.16. The molecule has 1 aromatic rings. The van der Waals surface area contributed by atoms with E-state index >= 15 is 0 Å². The molecule has 0 fully saturated rings. The van der Waals surface area contributed by atoms with Crippen LogP contribution >= 0.6 is 15.9 Å². The zero-order valence-corrected chi connectivity index (χ0v) is 10.6. The third-order valence-corrected chi connectivity index (χ3v) is 2.91. The highest BCUT2D eigenvalue weighted by Gasteiger charge is 2.09. The Morgan fingerprint density at radius 1 is 1.50 bits per heavy atom. The summed E-state index contributed by atoms with van der Waals surface area (Å²) in [4.78, 5) is 6.58. The molecular weight excluding hydrogens is 240 g/mol. The van der Waals surface area contributed by atoms with Gasteiger partial charge in [0.05, 0.1) is 0 Å². The first-order chi connectivity index (χ1) is 6.65. The van der Waals surface area contributed by atoms with Gasteiger partial charge >= 0.3 is 0 Å². The summed E-state index contributed by atoms with van der Waals surface area (Å²) in [6.07, 6.45) is 4.25. The minimum absolute atomic E-state index is 0.550. The summed E-state index contributed by atoms with van der Waals surface area (Å²) >= 11 is 3.38. The molecule has 0 aromatic carbocycles. The lowest BCUT2D eigenvalue weighted by atomic mass is 10.2. The molecule has 0 aliphatic heterocycles. The minimum atomic E-state index is 0.550. The monoisotopic (exact) mass is 256 g/mol. The Morgan fingerprint density at radius 3 is 2.71 bits per heavy atom. The van der Waals surface area contributed by atoms with Crippen molar-refractivity contribution in [2.75, 3.05) is 11.9 Å². The maximum atomic E-state index is 4.36. The first-order valence-corrected chi connectivity index (χ1v) is 5.78. The summed E-state index contributed by atoms with van der Waals surface area (Å²) in [5.41, 5.74) is 0. The van der Waals surface area contributed by atoms with E-state index in [1.54, 1.807) is 0 Å². The van der Waals surface area contributed by atoms with Gasteiger partial charge in [-0.2, -0.15) is 0 Å². The Balaban J connectivity index is 2.68. The second-order valence-corrected chi connectivity index (χ2v) is 4.50. The van der Waals surface area contributed by atoms with Gasteiger partial charge in [-0.25, -0.2) is 4.98 Å². The Bertz CT molecular complexity index is 271. The van der Waals surface area contributed by atoms with Crippen LogP contribution in [0.3, 0.4) is 0 Å². The first kappa shape index (κ1) is 11.5. The summed E-state index contributed by atoms with van der Waals surface area (Å²) < 4.78 is 1.03. The molecule has 0 N–H and O–H groups in total. The van der Waals surface area contributed by atoms with Crippen molar-refractivity contribution in [3.05, 3.63) is 22.8 Å². The molecule has 1 aromatic heterocycles. The second-order valence-electron chi connectivity index (χ2n) is 3.58. The van der Waals surface area contributed by atoms with Crippen molar-refractivity contribution < 1.29 is 0 Å². The normalized spacial score (nSPS) is 12.6. The highest BCUT2D eigenvalue weighted by molar-refractivity contribution is 9.10. The van der Waals surface area contributed by atoms with Crippen LogP contribution in [-0.4, -0.2) is 18.1 Å².